The fraction of sp³-hybridized carbons (Fsp3) is 0.478. The van der Waals surface area contributed by atoms with Crippen molar-refractivity contribution in [1.82, 2.24) is 4.90 Å². The zero-order valence-electron chi connectivity index (χ0n) is 16.7. The quantitative estimate of drug-likeness (QED) is 0.706. The lowest BCUT2D eigenvalue weighted by molar-refractivity contribution is -0.0250. The van der Waals surface area contributed by atoms with Crippen molar-refractivity contribution < 1.29 is 14.6 Å². The van der Waals surface area contributed by atoms with Gasteiger partial charge in [-0.3, -0.25) is 4.90 Å². The van der Waals surface area contributed by atoms with Gasteiger partial charge in [-0.25, -0.2) is 0 Å². The molecule has 5 heteroatoms. The highest BCUT2D eigenvalue weighted by Gasteiger charge is 2.39. The Labute approximate surface area is 173 Å². The first-order valence-corrected chi connectivity index (χ1v) is 10.5. The Hall–Kier alpha value is -1.59. The Morgan fingerprint density at radius 2 is 1.71 bits per heavy atom. The second-order valence-corrected chi connectivity index (χ2v) is 7.69. The standard InChI is InChI=1S/C23H30ClNO3/c1-3-23(26,19-7-11-21(12-8-19)28-4-2)22(17-25-13-15-27-16-14-25)18-5-9-20(24)10-6-18/h5-12,22,26H,3-4,13-17H2,1-2H3/t22-,23+/m1/s1. The predicted octanol–water partition coefficient (Wildman–Crippen LogP) is 4.45. The molecule has 0 spiro atoms. The van der Waals surface area contributed by atoms with Crippen molar-refractivity contribution >= 4 is 11.6 Å². The van der Waals surface area contributed by atoms with E-state index in [0.717, 1.165) is 49.7 Å². The Kier molecular flexibility index (Phi) is 7.36. The summed E-state index contributed by atoms with van der Waals surface area (Å²) in [7, 11) is 0. The zero-order chi connectivity index (χ0) is 20.0. The van der Waals surface area contributed by atoms with Crippen molar-refractivity contribution in [3.8, 4) is 5.75 Å². The molecule has 3 rings (SSSR count). The maximum Gasteiger partial charge on any atom is 0.119 e. The van der Waals surface area contributed by atoms with Gasteiger partial charge >= 0.3 is 0 Å². The first kappa shape index (κ1) is 21.1. The third-order valence-electron chi connectivity index (χ3n) is 5.60. The SMILES string of the molecule is CCOc1ccc([C@@](O)(CC)[C@H](CN2CCOCC2)c2ccc(Cl)cc2)cc1. The number of benzene rings is 2. The van der Waals surface area contributed by atoms with Crippen LogP contribution >= 0.6 is 11.6 Å². The summed E-state index contributed by atoms with van der Waals surface area (Å²) in [5.41, 5.74) is 1.01. The normalized spacial score (nSPS) is 18.4. The average molecular weight is 404 g/mol. The van der Waals surface area contributed by atoms with Gasteiger partial charge in [-0.05, 0) is 48.7 Å². The van der Waals surface area contributed by atoms with E-state index in [4.69, 9.17) is 21.1 Å². The number of rotatable bonds is 8. The smallest absolute Gasteiger partial charge is 0.119 e. The highest BCUT2D eigenvalue weighted by Crippen LogP contribution is 2.41. The number of aliphatic hydroxyl groups is 1. The summed E-state index contributed by atoms with van der Waals surface area (Å²) in [6.45, 7) is 8.64. The van der Waals surface area contributed by atoms with E-state index in [0.29, 0.717) is 18.1 Å². The molecule has 1 N–H and O–H groups in total. The van der Waals surface area contributed by atoms with Crippen molar-refractivity contribution in [2.75, 3.05) is 39.5 Å². The maximum atomic E-state index is 11.9. The summed E-state index contributed by atoms with van der Waals surface area (Å²) in [6.07, 6.45) is 0.610. The van der Waals surface area contributed by atoms with Crippen LogP contribution in [0.3, 0.4) is 0 Å². The van der Waals surface area contributed by atoms with Crippen LogP contribution in [0.25, 0.3) is 0 Å². The molecular formula is C23H30ClNO3. The van der Waals surface area contributed by atoms with E-state index in [9.17, 15) is 5.11 Å². The molecule has 0 amide bonds. The van der Waals surface area contributed by atoms with E-state index in [1.165, 1.54) is 0 Å². The molecule has 0 saturated carbocycles. The average Bonchev–Trinajstić information content (AvgIpc) is 2.74. The largest absolute Gasteiger partial charge is 0.494 e. The van der Waals surface area contributed by atoms with Gasteiger partial charge in [0, 0.05) is 30.6 Å². The molecule has 2 aromatic carbocycles. The van der Waals surface area contributed by atoms with Crippen LogP contribution in [0.5, 0.6) is 5.75 Å². The molecule has 1 heterocycles. The molecule has 0 radical (unpaired) electrons. The number of hydrogen-bond donors (Lipinski definition) is 1. The summed E-state index contributed by atoms with van der Waals surface area (Å²) in [5, 5.41) is 12.6. The van der Waals surface area contributed by atoms with Crippen LogP contribution < -0.4 is 4.74 Å². The molecule has 152 valence electrons. The first-order valence-electron chi connectivity index (χ1n) is 10.1. The van der Waals surface area contributed by atoms with Gasteiger partial charge in [0.2, 0.25) is 0 Å². The summed E-state index contributed by atoms with van der Waals surface area (Å²) in [5.74, 6) is 0.742. The predicted molar refractivity (Wildman–Crippen MR) is 113 cm³/mol. The van der Waals surface area contributed by atoms with Crippen molar-refractivity contribution in [3.05, 3.63) is 64.7 Å². The number of morpholine rings is 1. The molecule has 1 fully saturated rings. The number of halogens is 1. The molecule has 0 aromatic heterocycles. The lowest BCUT2D eigenvalue weighted by Gasteiger charge is -2.40. The Bertz CT molecular complexity index is 729. The van der Waals surface area contributed by atoms with E-state index in [2.05, 4.69) is 4.90 Å². The third kappa shape index (κ3) is 4.87. The second-order valence-electron chi connectivity index (χ2n) is 7.25. The van der Waals surface area contributed by atoms with Gasteiger partial charge in [0.1, 0.15) is 5.75 Å². The minimum Gasteiger partial charge on any atom is -0.494 e. The van der Waals surface area contributed by atoms with Crippen LogP contribution in [-0.4, -0.2) is 49.5 Å². The number of ether oxygens (including phenoxy) is 2. The van der Waals surface area contributed by atoms with E-state index in [1.807, 2.05) is 62.4 Å². The Morgan fingerprint density at radius 1 is 1.07 bits per heavy atom. The fourth-order valence-electron chi connectivity index (χ4n) is 3.93. The van der Waals surface area contributed by atoms with Crippen LogP contribution in [-0.2, 0) is 10.3 Å². The van der Waals surface area contributed by atoms with Gasteiger partial charge in [0.15, 0.2) is 0 Å². The molecule has 0 unspecified atom stereocenters. The Morgan fingerprint density at radius 3 is 2.29 bits per heavy atom. The van der Waals surface area contributed by atoms with E-state index >= 15 is 0 Å². The minimum atomic E-state index is -0.989. The van der Waals surface area contributed by atoms with Gasteiger partial charge in [-0.2, -0.15) is 0 Å². The number of nitrogens with zero attached hydrogens (tertiary/aromatic N) is 1. The van der Waals surface area contributed by atoms with E-state index < -0.39 is 5.60 Å². The van der Waals surface area contributed by atoms with Gasteiger partial charge < -0.3 is 14.6 Å². The second kappa shape index (κ2) is 9.75. The molecule has 2 atom stereocenters. The lowest BCUT2D eigenvalue weighted by atomic mass is 9.75. The topological polar surface area (TPSA) is 41.9 Å². The summed E-state index contributed by atoms with van der Waals surface area (Å²) in [6, 6.07) is 15.7. The molecule has 28 heavy (non-hydrogen) atoms. The third-order valence-corrected chi connectivity index (χ3v) is 5.85. The molecule has 0 aliphatic carbocycles. The highest BCUT2D eigenvalue weighted by atomic mass is 35.5. The van der Waals surface area contributed by atoms with Crippen molar-refractivity contribution in [3.63, 3.8) is 0 Å². The van der Waals surface area contributed by atoms with Crippen LogP contribution in [0.4, 0.5) is 0 Å². The van der Waals surface area contributed by atoms with Gasteiger partial charge in [0.25, 0.3) is 0 Å². The molecule has 1 aliphatic heterocycles. The monoisotopic (exact) mass is 403 g/mol. The van der Waals surface area contributed by atoms with Crippen molar-refractivity contribution in [1.29, 1.82) is 0 Å². The number of hydrogen-bond acceptors (Lipinski definition) is 4. The van der Waals surface area contributed by atoms with Crippen molar-refractivity contribution in [2.24, 2.45) is 0 Å². The molecular weight excluding hydrogens is 374 g/mol. The van der Waals surface area contributed by atoms with Crippen molar-refractivity contribution in [2.45, 2.75) is 31.8 Å². The molecule has 2 aromatic rings. The maximum absolute atomic E-state index is 11.9. The summed E-state index contributed by atoms with van der Waals surface area (Å²) in [4.78, 5) is 2.37. The van der Waals surface area contributed by atoms with E-state index in [1.54, 1.807) is 0 Å². The highest BCUT2D eigenvalue weighted by molar-refractivity contribution is 6.30. The Balaban J connectivity index is 1.95. The van der Waals surface area contributed by atoms with Crippen LogP contribution in [0, 0.1) is 0 Å². The first-order chi connectivity index (χ1) is 13.6. The summed E-state index contributed by atoms with van der Waals surface area (Å²) < 4.78 is 11.1. The van der Waals surface area contributed by atoms with Crippen LogP contribution in [0.2, 0.25) is 5.02 Å². The van der Waals surface area contributed by atoms with Gasteiger partial charge in [-0.15, -0.1) is 0 Å². The fourth-order valence-corrected chi connectivity index (χ4v) is 4.05. The minimum absolute atomic E-state index is 0.0780. The van der Waals surface area contributed by atoms with Crippen LogP contribution in [0.15, 0.2) is 48.5 Å². The van der Waals surface area contributed by atoms with Crippen LogP contribution in [0.1, 0.15) is 37.3 Å². The lowest BCUT2D eigenvalue weighted by Crippen LogP contribution is -2.44. The molecule has 1 saturated heterocycles. The van der Waals surface area contributed by atoms with Gasteiger partial charge in [-0.1, -0.05) is 42.8 Å². The molecule has 4 nitrogen and oxygen atoms in total. The van der Waals surface area contributed by atoms with E-state index in [-0.39, 0.29) is 5.92 Å². The molecule has 1 aliphatic rings. The zero-order valence-corrected chi connectivity index (χ0v) is 17.5. The summed E-state index contributed by atoms with van der Waals surface area (Å²) >= 11 is 6.12. The van der Waals surface area contributed by atoms with Gasteiger partial charge in [0.05, 0.1) is 25.4 Å². The molecule has 0 bridgehead atoms.